The fraction of sp³-hybridized carbons (Fsp3) is 0.316. The Hall–Kier alpha value is -2.49. The van der Waals surface area contributed by atoms with Gasteiger partial charge in [0.05, 0.1) is 5.69 Å². The van der Waals surface area contributed by atoms with E-state index in [-0.39, 0.29) is 17.3 Å². The molecule has 0 unspecified atom stereocenters. The summed E-state index contributed by atoms with van der Waals surface area (Å²) >= 11 is 0. The van der Waals surface area contributed by atoms with E-state index in [0.717, 1.165) is 6.42 Å². The van der Waals surface area contributed by atoms with Gasteiger partial charge >= 0.3 is 0 Å². The minimum absolute atomic E-state index is 0.00965. The molecule has 4 nitrogen and oxygen atoms in total. The number of aryl methyl sites for hydroxylation is 1. The molecular weight excluding hydrogens is 288 g/mol. The molecule has 23 heavy (non-hydrogen) atoms. The zero-order valence-electron chi connectivity index (χ0n) is 13.5. The first kappa shape index (κ1) is 16.9. The Morgan fingerprint density at radius 3 is 2.48 bits per heavy atom. The van der Waals surface area contributed by atoms with Gasteiger partial charge in [-0.2, -0.15) is 0 Å². The molecule has 0 aromatic heterocycles. The van der Waals surface area contributed by atoms with Crippen molar-refractivity contribution in [1.82, 2.24) is 0 Å². The lowest BCUT2D eigenvalue weighted by Gasteiger charge is -2.08. The number of nitrogens with one attached hydrogen (secondary N) is 1. The van der Waals surface area contributed by atoms with Crippen molar-refractivity contribution >= 4 is 17.3 Å². The minimum atomic E-state index is -0.187. The van der Waals surface area contributed by atoms with Crippen LogP contribution in [0.2, 0.25) is 0 Å². The van der Waals surface area contributed by atoms with Crippen LogP contribution in [0.5, 0.6) is 5.75 Å². The molecule has 0 saturated heterocycles. The molecule has 4 N–H and O–H groups in total. The summed E-state index contributed by atoms with van der Waals surface area (Å²) in [6.07, 6.45) is 6.00. The molecule has 0 heterocycles. The fourth-order valence-electron chi connectivity index (χ4n) is 2.41. The van der Waals surface area contributed by atoms with E-state index in [1.165, 1.54) is 43.4 Å². The van der Waals surface area contributed by atoms with Gasteiger partial charge in [0.25, 0.3) is 5.91 Å². The van der Waals surface area contributed by atoms with E-state index >= 15 is 0 Å². The summed E-state index contributed by atoms with van der Waals surface area (Å²) in [5.74, 6) is -0.178. The summed E-state index contributed by atoms with van der Waals surface area (Å²) < 4.78 is 0. The number of hydrogen-bond donors (Lipinski definition) is 3. The van der Waals surface area contributed by atoms with E-state index in [1.54, 1.807) is 6.07 Å². The molecule has 0 aliphatic rings. The first-order chi connectivity index (χ1) is 11.1. The van der Waals surface area contributed by atoms with Gasteiger partial charge in [0.1, 0.15) is 5.75 Å². The summed E-state index contributed by atoms with van der Waals surface area (Å²) in [4.78, 5) is 12.2. The fourth-order valence-corrected chi connectivity index (χ4v) is 2.41. The Morgan fingerprint density at radius 1 is 1.09 bits per heavy atom. The number of nitrogens with two attached hydrogens (primary N) is 1. The average Bonchev–Trinajstić information content (AvgIpc) is 2.55. The van der Waals surface area contributed by atoms with Crippen LogP contribution in [0.1, 0.15) is 48.5 Å². The van der Waals surface area contributed by atoms with E-state index in [0.29, 0.717) is 11.3 Å². The molecule has 122 valence electrons. The molecule has 0 spiro atoms. The molecule has 0 fully saturated rings. The zero-order valence-corrected chi connectivity index (χ0v) is 13.5. The van der Waals surface area contributed by atoms with E-state index < -0.39 is 0 Å². The van der Waals surface area contributed by atoms with Crippen LogP contribution in [-0.4, -0.2) is 11.0 Å². The number of phenolic OH excluding ortho intramolecular Hbond substituents is 1. The SMILES string of the molecule is CCCCCCc1ccc(C(=O)Nc2ccc(O)c(N)c2)cc1. The van der Waals surface area contributed by atoms with E-state index in [9.17, 15) is 9.90 Å². The monoisotopic (exact) mass is 312 g/mol. The van der Waals surface area contributed by atoms with Crippen LogP contribution in [0.25, 0.3) is 0 Å². The van der Waals surface area contributed by atoms with Crippen LogP contribution < -0.4 is 11.1 Å². The lowest BCUT2D eigenvalue weighted by Crippen LogP contribution is -2.12. The maximum atomic E-state index is 12.2. The van der Waals surface area contributed by atoms with Gasteiger partial charge in [0, 0.05) is 11.3 Å². The number of phenols is 1. The van der Waals surface area contributed by atoms with Crippen molar-refractivity contribution in [2.24, 2.45) is 0 Å². The number of carbonyl (C=O) groups is 1. The van der Waals surface area contributed by atoms with Crippen LogP contribution in [0, 0.1) is 0 Å². The second-order valence-electron chi connectivity index (χ2n) is 5.74. The van der Waals surface area contributed by atoms with E-state index in [2.05, 4.69) is 12.2 Å². The average molecular weight is 312 g/mol. The highest BCUT2D eigenvalue weighted by Crippen LogP contribution is 2.23. The Balaban J connectivity index is 1.93. The highest BCUT2D eigenvalue weighted by atomic mass is 16.3. The first-order valence-corrected chi connectivity index (χ1v) is 8.09. The molecule has 4 heteroatoms. The third kappa shape index (κ3) is 5.02. The van der Waals surface area contributed by atoms with Crippen LogP contribution in [0.3, 0.4) is 0 Å². The number of hydrogen-bond acceptors (Lipinski definition) is 3. The van der Waals surface area contributed by atoms with Gasteiger partial charge in [-0.25, -0.2) is 0 Å². The van der Waals surface area contributed by atoms with Gasteiger partial charge in [-0.3, -0.25) is 4.79 Å². The van der Waals surface area contributed by atoms with Gasteiger partial charge in [-0.05, 0) is 48.7 Å². The number of carbonyl (C=O) groups excluding carboxylic acids is 1. The summed E-state index contributed by atoms with van der Waals surface area (Å²) in [7, 11) is 0. The summed E-state index contributed by atoms with van der Waals surface area (Å²) in [5.41, 5.74) is 8.29. The number of unbranched alkanes of at least 4 members (excludes halogenated alkanes) is 3. The van der Waals surface area contributed by atoms with E-state index in [4.69, 9.17) is 5.73 Å². The largest absolute Gasteiger partial charge is 0.506 e. The quantitative estimate of drug-likeness (QED) is 0.308. The van der Waals surface area contributed by atoms with Gasteiger partial charge in [0.15, 0.2) is 0 Å². The van der Waals surface area contributed by atoms with Crippen molar-refractivity contribution in [1.29, 1.82) is 0 Å². The lowest BCUT2D eigenvalue weighted by molar-refractivity contribution is 0.102. The predicted molar refractivity (Wildman–Crippen MR) is 94.8 cm³/mol. The third-order valence-corrected chi connectivity index (χ3v) is 3.82. The summed E-state index contributed by atoms with van der Waals surface area (Å²) in [6.45, 7) is 2.20. The topological polar surface area (TPSA) is 75.3 Å². The van der Waals surface area contributed by atoms with E-state index in [1.807, 2.05) is 24.3 Å². The Bertz CT molecular complexity index is 651. The maximum Gasteiger partial charge on any atom is 0.255 e. The Morgan fingerprint density at radius 2 is 1.83 bits per heavy atom. The van der Waals surface area contributed by atoms with Gasteiger partial charge in [0.2, 0.25) is 0 Å². The number of amides is 1. The Labute approximate surface area is 137 Å². The highest BCUT2D eigenvalue weighted by molar-refractivity contribution is 6.04. The zero-order chi connectivity index (χ0) is 16.7. The molecule has 0 atom stereocenters. The minimum Gasteiger partial charge on any atom is -0.506 e. The number of benzene rings is 2. The molecule has 2 aromatic rings. The standard InChI is InChI=1S/C19H24N2O2/c1-2-3-4-5-6-14-7-9-15(10-8-14)19(23)21-16-11-12-18(22)17(20)13-16/h7-13,22H,2-6,20H2,1H3,(H,21,23). The Kier molecular flexibility index (Phi) is 6.03. The molecule has 0 aliphatic heterocycles. The number of anilines is 2. The van der Waals surface area contributed by atoms with Gasteiger partial charge < -0.3 is 16.2 Å². The molecule has 0 bridgehead atoms. The second kappa shape index (κ2) is 8.22. The smallest absolute Gasteiger partial charge is 0.255 e. The number of aromatic hydroxyl groups is 1. The van der Waals surface area contributed by atoms with Gasteiger partial charge in [-0.15, -0.1) is 0 Å². The molecule has 1 amide bonds. The normalized spacial score (nSPS) is 10.5. The summed E-state index contributed by atoms with van der Waals surface area (Å²) in [6, 6.07) is 12.3. The van der Waals surface area contributed by atoms with Crippen molar-refractivity contribution < 1.29 is 9.90 Å². The molecular formula is C19H24N2O2. The van der Waals surface area contributed by atoms with Gasteiger partial charge in [-0.1, -0.05) is 38.3 Å². The van der Waals surface area contributed by atoms with Crippen LogP contribution >= 0.6 is 0 Å². The molecule has 2 aromatic carbocycles. The van der Waals surface area contributed by atoms with Crippen molar-refractivity contribution in [2.45, 2.75) is 39.0 Å². The van der Waals surface area contributed by atoms with Crippen molar-refractivity contribution in [3.05, 3.63) is 53.6 Å². The van der Waals surface area contributed by atoms with Crippen LogP contribution in [0.4, 0.5) is 11.4 Å². The molecule has 0 saturated carbocycles. The first-order valence-electron chi connectivity index (χ1n) is 8.09. The predicted octanol–water partition coefficient (Wildman–Crippen LogP) is 4.35. The number of rotatable bonds is 7. The second-order valence-corrected chi connectivity index (χ2v) is 5.74. The molecule has 0 aliphatic carbocycles. The molecule has 0 radical (unpaired) electrons. The summed E-state index contributed by atoms with van der Waals surface area (Å²) in [5, 5.41) is 12.2. The molecule has 2 rings (SSSR count). The van der Waals surface area contributed by atoms with Crippen molar-refractivity contribution in [3.63, 3.8) is 0 Å². The van der Waals surface area contributed by atoms with Crippen molar-refractivity contribution in [2.75, 3.05) is 11.1 Å². The van der Waals surface area contributed by atoms with Crippen molar-refractivity contribution in [3.8, 4) is 5.75 Å². The number of nitrogen functional groups attached to an aromatic ring is 1. The van der Waals surface area contributed by atoms with Crippen LogP contribution in [-0.2, 0) is 6.42 Å². The maximum absolute atomic E-state index is 12.2. The van der Waals surface area contributed by atoms with Crippen LogP contribution in [0.15, 0.2) is 42.5 Å². The highest BCUT2D eigenvalue weighted by Gasteiger charge is 2.07. The lowest BCUT2D eigenvalue weighted by atomic mass is 10.0. The third-order valence-electron chi connectivity index (χ3n) is 3.82.